The summed E-state index contributed by atoms with van der Waals surface area (Å²) in [6.45, 7) is 2.48. The third-order valence-electron chi connectivity index (χ3n) is 2.02. The van der Waals surface area contributed by atoms with E-state index in [0.717, 1.165) is 25.7 Å². The van der Waals surface area contributed by atoms with Gasteiger partial charge in [0.05, 0.1) is 6.61 Å². The Labute approximate surface area is 108 Å². The lowest BCUT2D eigenvalue weighted by Crippen LogP contribution is -2.20. The molecule has 0 bridgehead atoms. The van der Waals surface area contributed by atoms with Crippen LogP contribution in [0.5, 0.6) is 0 Å². The first-order valence-corrected chi connectivity index (χ1v) is 7.24. The van der Waals surface area contributed by atoms with E-state index in [9.17, 15) is 9.36 Å². The van der Waals surface area contributed by atoms with Crippen molar-refractivity contribution in [1.29, 1.82) is 0 Å². The van der Waals surface area contributed by atoms with Gasteiger partial charge in [0, 0.05) is 20.6 Å². The Morgan fingerprint density at radius 2 is 1.94 bits per heavy atom. The average Bonchev–Trinajstić information content (AvgIpc) is 2.32. The van der Waals surface area contributed by atoms with Crippen LogP contribution in [0.4, 0.5) is 0 Å². The Hall–Kier alpha value is -0.0700. The normalized spacial score (nSPS) is 14.3. The summed E-state index contributed by atoms with van der Waals surface area (Å²) in [7, 11) is -2.21. The fraction of sp³-hybridized carbons (Fsp3) is 0.889. The lowest BCUT2D eigenvalue weighted by molar-refractivity contribution is -0.118. The molecule has 1 atom stereocenters. The number of unbranched alkanes of at least 4 members (excludes halogenated alkanes) is 3. The minimum atomic E-state index is -3.45. The van der Waals surface area contributed by atoms with Crippen LogP contribution >= 0.6 is 20.7 Å². The molecule has 8 heteroatoms. The van der Waals surface area contributed by atoms with Crippen molar-refractivity contribution in [2.24, 2.45) is 0 Å². The third-order valence-corrected chi connectivity index (χ3v) is 3.76. The maximum absolute atomic E-state index is 11.4. The molecule has 17 heavy (non-hydrogen) atoms. The first-order chi connectivity index (χ1) is 8.04. The number of thiol groups is 1. The molecule has 102 valence electrons. The van der Waals surface area contributed by atoms with Gasteiger partial charge in [-0.1, -0.05) is 12.8 Å². The van der Waals surface area contributed by atoms with E-state index in [1.54, 1.807) is 0 Å². The van der Waals surface area contributed by atoms with E-state index in [2.05, 4.69) is 26.7 Å². The zero-order valence-corrected chi connectivity index (χ0v) is 12.0. The van der Waals surface area contributed by atoms with Crippen LogP contribution in [-0.2, 0) is 22.4 Å². The molecule has 0 aromatic carbocycles. The minimum absolute atomic E-state index is 0.0136. The topological polar surface area (TPSA) is 73.9 Å². The first-order valence-electron chi connectivity index (χ1n) is 5.42. The molecule has 0 saturated heterocycles. The molecule has 1 amide bonds. The highest BCUT2D eigenvalue weighted by Crippen LogP contribution is 2.49. The van der Waals surface area contributed by atoms with Gasteiger partial charge < -0.3 is 5.32 Å². The number of hydrogen-bond acceptors (Lipinski definition) is 6. The van der Waals surface area contributed by atoms with Crippen LogP contribution in [0.3, 0.4) is 0 Å². The van der Waals surface area contributed by atoms with Crippen LogP contribution in [-0.4, -0.2) is 26.2 Å². The smallest absolute Gasteiger partial charge is 0.356 e. The molecule has 1 unspecified atom stereocenters. The molecular formula is C9H20NO5PS. The van der Waals surface area contributed by atoms with Gasteiger partial charge in [0.2, 0.25) is 5.91 Å². The Morgan fingerprint density at radius 1 is 1.29 bits per heavy atom. The third kappa shape index (κ3) is 9.62. The highest BCUT2D eigenvalue weighted by atomic mass is 32.1. The maximum atomic E-state index is 11.4. The number of phosphoric ester groups is 1. The average molecular weight is 285 g/mol. The number of hydrogen-bond donors (Lipinski definition) is 2. The molecule has 0 heterocycles. The molecule has 0 saturated carbocycles. The minimum Gasteiger partial charge on any atom is -0.356 e. The van der Waals surface area contributed by atoms with E-state index in [4.69, 9.17) is 4.52 Å². The molecular weight excluding hydrogens is 265 g/mol. The van der Waals surface area contributed by atoms with Crippen molar-refractivity contribution in [3.05, 3.63) is 0 Å². The predicted molar refractivity (Wildman–Crippen MR) is 67.8 cm³/mol. The van der Waals surface area contributed by atoms with Crippen LogP contribution in [0, 0.1) is 0 Å². The summed E-state index contributed by atoms with van der Waals surface area (Å²) in [5.41, 5.74) is 0. The van der Waals surface area contributed by atoms with Gasteiger partial charge in [-0.15, -0.1) is 0 Å². The predicted octanol–water partition coefficient (Wildman–Crippen LogP) is 2.32. The summed E-state index contributed by atoms with van der Waals surface area (Å²) >= 11 is 3.42. The molecule has 0 spiro atoms. The van der Waals surface area contributed by atoms with Crippen LogP contribution in [0.1, 0.15) is 32.6 Å². The SMILES string of the molecule is COP(=O)(OS)OCCCCCCNC(C)=O. The Bertz CT molecular complexity index is 256. The highest BCUT2D eigenvalue weighted by molar-refractivity contribution is 7.80. The largest absolute Gasteiger partial charge is 0.485 e. The fourth-order valence-electron chi connectivity index (χ4n) is 1.13. The summed E-state index contributed by atoms with van der Waals surface area (Å²) in [5.74, 6) is -0.0136. The van der Waals surface area contributed by atoms with Gasteiger partial charge in [-0.3, -0.25) is 13.8 Å². The van der Waals surface area contributed by atoms with Crippen molar-refractivity contribution in [3.63, 3.8) is 0 Å². The molecule has 0 radical (unpaired) electrons. The van der Waals surface area contributed by atoms with Gasteiger partial charge in [-0.05, 0) is 25.8 Å². The number of phosphoric acid groups is 1. The number of amides is 1. The number of nitrogens with one attached hydrogen (secondary N) is 1. The Balaban J connectivity index is 3.35. The van der Waals surface area contributed by atoms with Crippen molar-refractivity contribution in [2.75, 3.05) is 20.3 Å². The van der Waals surface area contributed by atoms with Crippen molar-refractivity contribution < 1.29 is 22.4 Å². The molecule has 0 aliphatic carbocycles. The second-order valence-electron chi connectivity index (χ2n) is 3.44. The molecule has 1 N–H and O–H groups in total. The van der Waals surface area contributed by atoms with Crippen molar-refractivity contribution in [3.8, 4) is 0 Å². The van der Waals surface area contributed by atoms with E-state index < -0.39 is 7.82 Å². The van der Waals surface area contributed by atoms with Gasteiger partial charge in [-0.25, -0.2) is 8.54 Å². The lowest BCUT2D eigenvalue weighted by atomic mass is 10.2. The van der Waals surface area contributed by atoms with Crippen molar-refractivity contribution >= 4 is 26.6 Å². The summed E-state index contributed by atoms with van der Waals surface area (Å²) in [6.07, 6.45) is 3.58. The molecule has 0 aliphatic heterocycles. The quantitative estimate of drug-likeness (QED) is 0.279. The van der Waals surface area contributed by atoms with Gasteiger partial charge in [-0.2, -0.15) is 0 Å². The van der Waals surface area contributed by atoms with Crippen LogP contribution < -0.4 is 5.32 Å². The van der Waals surface area contributed by atoms with Gasteiger partial charge in [0.1, 0.15) is 0 Å². The second-order valence-corrected chi connectivity index (χ2v) is 5.61. The van der Waals surface area contributed by atoms with Crippen molar-refractivity contribution in [2.45, 2.75) is 32.6 Å². The molecule has 0 fully saturated rings. The summed E-state index contributed by atoms with van der Waals surface area (Å²) in [4.78, 5) is 10.6. The fourth-order valence-corrected chi connectivity index (χ4v) is 2.04. The number of rotatable bonds is 10. The Morgan fingerprint density at radius 3 is 2.47 bits per heavy atom. The number of carbonyl (C=O) groups excluding carboxylic acids is 1. The zero-order chi connectivity index (χ0) is 13.1. The lowest BCUT2D eigenvalue weighted by Gasteiger charge is -2.11. The standard InChI is InChI=1S/C9H20NO5PS/c1-9(11)10-7-5-3-4-6-8-14-16(12,13-2)15-17/h17H,3-8H2,1-2H3,(H,10,11). The number of carbonyl (C=O) groups is 1. The van der Waals surface area contributed by atoms with Gasteiger partial charge in [0.15, 0.2) is 0 Å². The van der Waals surface area contributed by atoms with E-state index in [1.165, 1.54) is 14.0 Å². The van der Waals surface area contributed by atoms with E-state index in [1.807, 2.05) is 0 Å². The van der Waals surface area contributed by atoms with E-state index in [0.29, 0.717) is 13.2 Å². The van der Waals surface area contributed by atoms with Crippen molar-refractivity contribution in [1.82, 2.24) is 5.32 Å². The van der Waals surface area contributed by atoms with Crippen LogP contribution in [0.2, 0.25) is 0 Å². The van der Waals surface area contributed by atoms with Crippen LogP contribution in [0.15, 0.2) is 0 Å². The summed E-state index contributed by atoms with van der Waals surface area (Å²) < 4.78 is 25.2. The molecule has 0 aromatic heterocycles. The summed E-state index contributed by atoms with van der Waals surface area (Å²) in [5, 5.41) is 2.71. The van der Waals surface area contributed by atoms with Crippen LogP contribution in [0.25, 0.3) is 0 Å². The van der Waals surface area contributed by atoms with Gasteiger partial charge >= 0.3 is 7.82 Å². The first kappa shape index (κ1) is 16.9. The van der Waals surface area contributed by atoms with E-state index >= 15 is 0 Å². The molecule has 6 nitrogen and oxygen atoms in total. The molecule has 0 rings (SSSR count). The Kier molecular flexibility index (Phi) is 9.87. The molecule has 0 aromatic rings. The summed E-state index contributed by atoms with van der Waals surface area (Å²) in [6, 6.07) is 0. The highest BCUT2D eigenvalue weighted by Gasteiger charge is 2.22. The maximum Gasteiger partial charge on any atom is 0.485 e. The van der Waals surface area contributed by atoms with Gasteiger partial charge in [0.25, 0.3) is 0 Å². The second kappa shape index (κ2) is 9.91. The zero-order valence-electron chi connectivity index (χ0n) is 10.2. The molecule has 0 aliphatic rings. The monoisotopic (exact) mass is 285 g/mol. The van der Waals surface area contributed by atoms with E-state index in [-0.39, 0.29) is 5.91 Å².